The third-order valence-corrected chi connectivity index (χ3v) is 10.9. The summed E-state index contributed by atoms with van der Waals surface area (Å²) >= 11 is 16.5. The molecule has 2 aliphatic rings. The Morgan fingerprint density at radius 2 is 0.861 bits per heavy atom. The molecule has 4 amide bonds. The van der Waals surface area contributed by atoms with Gasteiger partial charge in [-0.05, 0) is 48.6 Å². The summed E-state index contributed by atoms with van der Waals surface area (Å²) in [6.07, 6.45) is 1.88. The molecule has 6 nitrogen and oxygen atoms in total. The highest BCUT2D eigenvalue weighted by molar-refractivity contribution is 8.47. The molecule has 2 heterocycles. The van der Waals surface area contributed by atoms with Crippen molar-refractivity contribution in [3.05, 3.63) is 70.8 Å². The van der Waals surface area contributed by atoms with Crippen LogP contribution in [0, 0.1) is 0 Å². The second-order valence-electron chi connectivity index (χ2n) is 7.62. The van der Waals surface area contributed by atoms with E-state index in [9.17, 15) is 19.2 Å². The summed E-state index contributed by atoms with van der Waals surface area (Å²) < 4.78 is 1.40. The molecule has 0 N–H and O–H groups in total. The average Bonchev–Trinajstić information content (AvgIpc) is 3.28. The molecule has 0 aliphatic carbocycles. The molecular formula is C24H20N2O4S6. The fourth-order valence-electron chi connectivity index (χ4n) is 3.55. The molecule has 0 spiro atoms. The minimum atomic E-state index is -0.273. The first-order valence-electron chi connectivity index (χ1n) is 10.9. The normalized spacial score (nSPS) is 14.4. The summed E-state index contributed by atoms with van der Waals surface area (Å²) in [7, 11) is 0. The van der Waals surface area contributed by atoms with Crippen LogP contribution < -0.4 is 0 Å². The van der Waals surface area contributed by atoms with Gasteiger partial charge in [0.25, 0.3) is 23.6 Å². The number of nitrogens with zero attached hydrogens (tertiary/aromatic N) is 2. The number of thioether (sulfide) groups is 4. The fourth-order valence-corrected chi connectivity index (χ4v) is 7.81. The molecule has 186 valence electrons. The zero-order valence-electron chi connectivity index (χ0n) is 18.8. The lowest BCUT2D eigenvalue weighted by Crippen LogP contribution is -2.29. The lowest BCUT2D eigenvalue weighted by Gasteiger charge is -2.13. The molecule has 0 atom stereocenters. The Hall–Kier alpha value is -1.70. The van der Waals surface area contributed by atoms with Gasteiger partial charge in [0.05, 0.1) is 34.0 Å². The van der Waals surface area contributed by atoms with E-state index in [0.29, 0.717) is 29.3 Å². The maximum absolute atomic E-state index is 12.4. The zero-order valence-corrected chi connectivity index (χ0v) is 23.7. The van der Waals surface area contributed by atoms with Gasteiger partial charge in [-0.15, -0.1) is 23.5 Å². The van der Waals surface area contributed by atoms with Gasteiger partial charge in [-0.2, -0.15) is 0 Å². The van der Waals surface area contributed by atoms with Crippen LogP contribution in [0.5, 0.6) is 0 Å². The van der Waals surface area contributed by atoms with Crippen molar-refractivity contribution < 1.29 is 19.2 Å². The molecule has 36 heavy (non-hydrogen) atoms. The van der Waals surface area contributed by atoms with E-state index in [0.717, 1.165) is 24.3 Å². The van der Waals surface area contributed by atoms with Crippen molar-refractivity contribution in [1.82, 2.24) is 9.80 Å². The number of thiocarbonyl (C=S) groups is 2. The number of benzene rings is 2. The first-order valence-corrected chi connectivity index (χ1v) is 15.6. The Bertz CT molecular complexity index is 1090. The van der Waals surface area contributed by atoms with Crippen LogP contribution in [-0.4, -0.2) is 63.7 Å². The van der Waals surface area contributed by atoms with E-state index in [1.807, 2.05) is 0 Å². The smallest absolute Gasteiger partial charge is 0.262 e. The highest BCUT2D eigenvalue weighted by Crippen LogP contribution is 2.28. The van der Waals surface area contributed by atoms with Crippen LogP contribution in [0.1, 0.15) is 54.3 Å². The van der Waals surface area contributed by atoms with Crippen LogP contribution >= 0.6 is 71.5 Å². The van der Waals surface area contributed by atoms with Crippen molar-refractivity contribution in [2.24, 2.45) is 0 Å². The number of fused-ring (bicyclic) bond motifs is 2. The Labute approximate surface area is 236 Å². The molecule has 0 radical (unpaired) electrons. The number of carbonyl (C=O) groups is 4. The van der Waals surface area contributed by atoms with E-state index < -0.39 is 0 Å². The number of hydrogen-bond donors (Lipinski definition) is 0. The quantitative estimate of drug-likeness (QED) is 0.203. The van der Waals surface area contributed by atoms with Crippen LogP contribution in [0.25, 0.3) is 0 Å². The van der Waals surface area contributed by atoms with Gasteiger partial charge in [-0.1, -0.05) is 72.2 Å². The predicted octanol–water partition coefficient (Wildman–Crippen LogP) is 5.78. The topological polar surface area (TPSA) is 74.8 Å². The summed E-state index contributed by atoms with van der Waals surface area (Å²) in [5.41, 5.74) is 1.77. The van der Waals surface area contributed by atoms with Crippen LogP contribution in [0.4, 0.5) is 0 Å². The predicted molar refractivity (Wildman–Crippen MR) is 158 cm³/mol. The molecule has 0 saturated heterocycles. The van der Waals surface area contributed by atoms with Crippen molar-refractivity contribution in [3.8, 4) is 0 Å². The molecule has 0 unspecified atom stereocenters. The van der Waals surface area contributed by atoms with Crippen molar-refractivity contribution in [2.75, 3.05) is 23.3 Å². The third kappa shape index (κ3) is 6.22. The summed E-state index contributed by atoms with van der Waals surface area (Å²) in [6.45, 7) is 0. The van der Waals surface area contributed by atoms with Crippen LogP contribution in [-0.2, 0) is 0 Å². The van der Waals surface area contributed by atoms with Crippen LogP contribution in [0.2, 0.25) is 0 Å². The standard InChI is InChI=1S/C24H20N2O4S6/c27-19-15-7-1-2-8-16(15)20(28)25(19)13-35-23(31)33-11-5-6-12-34-24(32)36-14-26-21(29)17-9-3-4-10-18(17)22(26)30/h1-4,7-10H,5-6,11-14H2. The minimum absolute atomic E-state index is 0.215. The largest absolute Gasteiger partial charge is 0.269 e. The summed E-state index contributed by atoms with van der Waals surface area (Å²) in [5.74, 6) is 1.01. The van der Waals surface area contributed by atoms with Gasteiger partial charge < -0.3 is 0 Å². The number of rotatable bonds is 9. The summed E-state index contributed by atoms with van der Waals surface area (Å²) in [6, 6.07) is 13.7. The Kier molecular flexibility index (Phi) is 9.65. The molecular weight excluding hydrogens is 573 g/mol. The van der Waals surface area contributed by atoms with Crippen molar-refractivity contribution in [3.63, 3.8) is 0 Å². The van der Waals surface area contributed by atoms with Gasteiger partial charge in [-0.25, -0.2) is 0 Å². The molecule has 2 aromatic carbocycles. The molecule has 0 fully saturated rings. The second kappa shape index (κ2) is 12.7. The molecule has 12 heteroatoms. The van der Waals surface area contributed by atoms with Crippen molar-refractivity contribution >= 4 is 102 Å². The molecule has 0 aromatic heterocycles. The molecule has 4 rings (SSSR count). The van der Waals surface area contributed by atoms with Crippen molar-refractivity contribution in [2.45, 2.75) is 12.8 Å². The first kappa shape index (κ1) is 27.3. The van der Waals surface area contributed by atoms with E-state index in [1.54, 1.807) is 72.1 Å². The number of imide groups is 2. The van der Waals surface area contributed by atoms with Gasteiger partial charge in [0, 0.05) is 0 Å². The van der Waals surface area contributed by atoms with Gasteiger partial charge >= 0.3 is 0 Å². The highest BCUT2D eigenvalue weighted by atomic mass is 32.2. The molecule has 2 aliphatic heterocycles. The summed E-state index contributed by atoms with van der Waals surface area (Å²) in [5, 5.41) is 0. The third-order valence-electron chi connectivity index (χ3n) is 5.36. The van der Waals surface area contributed by atoms with Crippen LogP contribution in [0.15, 0.2) is 48.5 Å². The van der Waals surface area contributed by atoms with Crippen LogP contribution in [0.3, 0.4) is 0 Å². The van der Waals surface area contributed by atoms with Gasteiger partial charge in [0.1, 0.15) is 7.06 Å². The number of unbranched alkanes of at least 4 members (excludes halogenated alkanes) is 1. The SMILES string of the molecule is O=C1c2ccccc2C(=O)N1CSC(=S)SCCCCSC(=S)SCN1C(=O)c2ccccc2C1=O. The van der Waals surface area contributed by atoms with E-state index in [2.05, 4.69) is 0 Å². The minimum Gasteiger partial charge on any atom is -0.269 e. The zero-order chi connectivity index (χ0) is 25.7. The first-order chi connectivity index (χ1) is 17.4. The molecule has 2 aromatic rings. The van der Waals surface area contributed by atoms with Gasteiger partial charge in [-0.3, -0.25) is 29.0 Å². The summed E-state index contributed by atoms with van der Waals surface area (Å²) in [4.78, 5) is 52.1. The lowest BCUT2D eigenvalue weighted by molar-refractivity contribution is 0.0669. The van der Waals surface area contributed by atoms with Gasteiger partial charge in [0.2, 0.25) is 0 Å². The Morgan fingerprint density at radius 1 is 0.556 bits per heavy atom. The van der Waals surface area contributed by atoms with Gasteiger partial charge in [0.15, 0.2) is 0 Å². The fraction of sp³-hybridized carbons (Fsp3) is 0.250. The lowest BCUT2D eigenvalue weighted by atomic mass is 10.1. The van der Waals surface area contributed by atoms with E-state index in [4.69, 9.17) is 24.4 Å². The number of amides is 4. The maximum atomic E-state index is 12.4. The second-order valence-corrected chi connectivity index (χ2v) is 14.1. The van der Waals surface area contributed by atoms with E-state index in [-0.39, 0.29) is 35.4 Å². The number of carbonyl (C=O) groups excluding carboxylic acids is 4. The van der Waals surface area contributed by atoms with E-state index in [1.165, 1.54) is 33.3 Å². The maximum Gasteiger partial charge on any atom is 0.262 e. The van der Waals surface area contributed by atoms with Crippen molar-refractivity contribution in [1.29, 1.82) is 0 Å². The molecule has 0 saturated carbocycles. The van der Waals surface area contributed by atoms with E-state index >= 15 is 0 Å². The Balaban J connectivity index is 1.07. The number of hydrogen-bond acceptors (Lipinski definition) is 10. The molecule has 0 bridgehead atoms. The highest BCUT2D eigenvalue weighted by Gasteiger charge is 2.36. The average molecular weight is 593 g/mol. The Morgan fingerprint density at radius 3 is 1.17 bits per heavy atom. The monoisotopic (exact) mass is 592 g/mol.